The summed E-state index contributed by atoms with van der Waals surface area (Å²) >= 11 is 1.69. The van der Waals surface area contributed by atoms with Crippen molar-refractivity contribution in [1.82, 2.24) is 5.32 Å². The van der Waals surface area contributed by atoms with Crippen LogP contribution in [0.3, 0.4) is 0 Å². The van der Waals surface area contributed by atoms with Crippen LogP contribution in [-0.4, -0.2) is 12.5 Å². The van der Waals surface area contributed by atoms with Gasteiger partial charge in [0.25, 0.3) is 5.91 Å². The Morgan fingerprint density at radius 3 is 2.84 bits per heavy atom. The summed E-state index contributed by atoms with van der Waals surface area (Å²) in [7, 11) is 0. The molecule has 25 heavy (non-hydrogen) atoms. The van der Waals surface area contributed by atoms with E-state index >= 15 is 0 Å². The van der Waals surface area contributed by atoms with E-state index in [1.54, 1.807) is 17.4 Å². The van der Waals surface area contributed by atoms with E-state index in [-0.39, 0.29) is 16.8 Å². The third kappa shape index (κ3) is 3.79. The van der Waals surface area contributed by atoms with Gasteiger partial charge in [0.05, 0.1) is 0 Å². The van der Waals surface area contributed by atoms with Gasteiger partial charge in [0.2, 0.25) is 0 Å². The molecule has 1 aliphatic carbocycles. The van der Waals surface area contributed by atoms with Crippen molar-refractivity contribution >= 4 is 27.3 Å². The van der Waals surface area contributed by atoms with Crippen LogP contribution in [0.1, 0.15) is 61.3 Å². The molecule has 1 heterocycles. The van der Waals surface area contributed by atoms with E-state index in [1.807, 2.05) is 12.1 Å². The summed E-state index contributed by atoms with van der Waals surface area (Å²) in [5, 5.41) is 3.74. The first-order chi connectivity index (χ1) is 11.8. The van der Waals surface area contributed by atoms with Crippen molar-refractivity contribution in [2.75, 3.05) is 6.54 Å². The molecule has 1 aromatic heterocycles. The molecule has 1 aromatic carbocycles. The lowest BCUT2D eigenvalue weighted by atomic mass is 9.77. The quantitative estimate of drug-likeness (QED) is 0.872. The Kier molecular flexibility index (Phi) is 5.01. The van der Waals surface area contributed by atoms with Gasteiger partial charge in [-0.05, 0) is 48.8 Å². The average Bonchev–Trinajstić information content (AvgIpc) is 2.57. The highest BCUT2D eigenvalue weighted by molar-refractivity contribution is 7.18. The van der Waals surface area contributed by atoms with Crippen LogP contribution in [0.4, 0.5) is 0 Å². The summed E-state index contributed by atoms with van der Waals surface area (Å²) in [6.45, 7) is 9.45. The van der Waals surface area contributed by atoms with E-state index in [4.69, 9.17) is 0 Å². The SMILES string of the molecule is CCC(C)CNC(=O)c1ccc2c(=O)c3c(sc2c1)CC(C)(C)CC3. The smallest absolute Gasteiger partial charge is 0.251 e. The monoisotopic (exact) mass is 357 g/mol. The topological polar surface area (TPSA) is 46.2 Å². The first kappa shape index (κ1) is 18.1. The van der Waals surface area contributed by atoms with Crippen molar-refractivity contribution in [2.24, 2.45) is 11.3 Å². The minimum Gasteiger partial charge on any atom is -0.352 e. The lowest BCUT2D eigenvalue weighted by molar-refractivity contribution is 0.0948. The lowest BCUT2D eigenvalue weighted by Crippen LogP contribution is -2.28. The molecule has 0 radical (unpaired) electrons. The van der Waals surface area contributed by atoms with Gasteiger partial charge in [-0.25, -0.2) is 0 Å². The van der Waals surface area contributed by atoms with Gasteiger partial charge in [0.1, 0.15) is 0 Å². The van der Waals surface area contributed by atoms with Crippen LogP contribution in [0.15, 0.2) is 23.0 Å². The first-order valence-corrected chi connectivity index (χ1v) is 9.99. The van der Waals surface area contributed by atoms with Gasteiger partial charge in [-0.1, -0.05) is 34.1 Å². The fraction of sp³-hybridized carbons (Fsp3) is 0.524. The van der Waals surface area contributed by atoms with E-state index in [0.717, 1.165) is 41.3 Å². The van der Waals surface area contributed by atoms with Crippen LogP contribution < -0.4 is 10.7 Å². The van der Waals surface area contributed by atoms with Gasteiger partial charge >= 0.3 is 0 Å². The van der Waals surface area contributed by atoms with Gasteiger partial charge in [0.15, 0.2) is 5.43 Å². The maximum Gasteiger partial charge on any atom is 0.251 e. The second-order valence-electron chi connectivity index (χ2n) is 8.11. The van der Waals surface area contributed by atoms with Gasteiger partial charge in [0, 0.05) is 32.6 Å². The standard InChI is InChI=1S/C21H27NO2S/c1-5-13(2)12-22-20(24)14-6-7-15-17(10-14)25-18-11-21(3,4)9-8-16(18)19(15)23/h6-7,10,13H,5,8-9,11-12H2,1-4H3,(H,22,24). The molecule has 0 aliphatic heterocycles. The lowest BCUT2D eigenvalue weighted by Gasteiger charge is -2.30. The molecular weight excluding hydrogens is 330 g/mol. The Labute approximate surface area is 153 Å². The van der Waals surface area contributed by atoms with Crippen molar-refractivity contribution in [3.8, 4) is 0 Å². The molecule has 0 saturated heterocycles. The molecule has 4 heteroatoms. The summed E-state index contributed by atoms with van der Waals surface area (Å²) in [4.78, 5) is 26.4. The van der Waals surface area contributed by atoms with Crippen LogP contribution in [0, 0.1) is 11.3 Å². The Hall–Kier alpha value is -1.68. The maximum absolute atomic E-state index is 12.8. The maximum atomic E-state index is 12.8. The van der Waals surface area contributed by atoms with Gasteiger partial charge in [-0.3, -0.25) is 9.59 Å². The van der Waals surface area contributed by atoms with Crippen molar-refractivity contribution in [3.05, 3.63) is 44.4 Å². The van der Waals surface area contributed by atoms with Crippen LogP contribution in [0.5, 0.6) is 0 Å². The molecule has 0 fully saturated rings. The normalized spacial score (nSPS) is 17.1. The Balaban J connectivity index is 1.95. The molecular formula is C21H27NO2S. The number of fused-ring (bicyclic) bond motifs is 2. The molecule has 1 N–H and O–H groups in total. The zero-order chi connectivity index (χ0) is 18.2. The summed E-state index contributed by atoms with van der Waals surface area (Å²) in [5.74, 6) is 0.412. The van der Waals surface area contributed by atoms with E-state index in [0.29, 0.717) is 18.0 Å². The van der Waals surface area contributed by atoms with Crippen LogP contribution in [-0.2, 0) is 12.8 Å². The van der Waals surface area contributed by atoms with Crippen LogP contribution in [0.2, 0.25) is 0 Å². The molecule has 0 saturated carbocycles. The fourth-order valence-corrected chi connectivity index (χ4v) is 4.82. The Morgan fingerprint density at radius 1 is 1.36 bits per heavy atom. The molecule has 3 rings (SSSR count). The minimum atomic E-state index is -0.0556. The van der Waals surface area contributed by atoms with Crippen molar-refractivity contribution in [3.63, 3.8) is 0 Å². The predicted octanol–water partition coefficient (Wildman–Crippen LogP) is 4.55. The molecule has 0 spiro atoms. The Bertz CT molecular complexity index is 866. The highest BCUT2D eigenvalue weighted by atomic mass is 32.1. The molecule has 134 valence electrons. The summed E-state index contributed by atoms with van der Waals surface area (Å²) < 4.78 is 0.928. The molecule has 1 amide bonds. The second kappa shape index (κ2) is 6.91. The molecule has 3 nitrogen and oxygen atoms in total. The van der Waals surface area contributed by atoms with Crippen molar-refractivity contribution in [1.29, 1.82) is 0 Å². The molecule has 2 aromatic rings. The molecule has 0 bridgehead atoms. The second-order valence-corrected chi connectivity index (χ2v) is 9.25. The molecule has 1 aliphatic rings. The van der Waals surface area contributed by atoms with E-state index < -0.39 is 0 Å². The highest BCUT2D eigenvalue weighted by Crippen LogP contribution is 2.37. The third-order valence-electron chi connectivity index (χ3n) is 5.33. The Morgan fingerprint density at radius 2 is 2.12 bits per heavy atom. The number of nitrogens with one attached hydrogen (secondary N) is 1. The highest BCUT2D eigenvalue weighted by Gasteiger charge is 2.28. The minimum absolute atomic E-state index is 0.0556. The molecule has 1 unspecified atom stereocenters. The van der Waals surface area contributed by atoms with E-state index in [2.05, 4.69) is 33.0 Å². The van der Waals surface area contributed by atoms with Gasteiger partial charge < -0.3 is 5.32 Å². The first-order valence-electron chi connectivity index (χ1n) is 9.17. The zero-order valence-electron chi connectivity index (χ0n) is 15.6. The average molecular weight is 358 g/mol. The third-order valence-corrected chi connectivity index (χ3v) is 6.53. The summed E-state index contributed by atoms with van der Waals surface area (Å²) in [6.07, 6.45) is 3.92. The van der Waals surface area contributed by atoms with E-state index in [9.17, 15) is 9.59 Å². The number of rotatable bonds is 4. The van der Waals surface area contributed by atoms with Crippen LogP contribution in [0.25, 0.3) is 10.1 Å². The van der Waals surface area contributed by atoms with Gasteiger partial charge in [-0.15, -0.1) is 11.3 Å². The van der Waals surface area contributed by atoms with Crippen LogP contribution >= 0.6 is 11.3 Å². The number of benzene rings is 1. The molecule has 1 atom stereocenters. The number of amides is 1. The van der Waals surface area contributed by atoms with E-state index in [1.165, 1.54) is 4.88 Å². The fourth-order valence-electron chi connectivity index (χ4n) is 3.31. The predicted molar refractivity (Wildman–Crippen MR) is 106 cm³/mol. The number of hydrogen-bond acceptors (Lipinski definition) is 3. The van der Waals surface area contributed by atoms with Gasteiger partial charge in [-0.2, -0.15) is 0 Å². The summed E-state index contributed by atoms with van der Waals surface area (Å²) in [5.41, 5.74) is 2.03. The van der Waals surface area contributed by atoms with Crippen molar-refractivity contribution < 1.29 is 4.79 Å². The largest absolute Gasteiger partial charge is 0.352 e. The van der Waals surface area contributed by atoms with Crippen molar-refractivity contribution in [2.45, 2.75) is 53.4 Å². The number of hydrogen-bond donors (Lipinski definition) is 1. The zero-order valence-corrected chi connectivity index (χ0v) is 16.4. The summed E-state index contributed by atoms with van der Waals surface area (Å²) in [6, 6.07) is 5.49. The number of carbonyl (C=O) groups is 1. The number of carbonyl (C=O) groups excluding carboxylic acids is 1.